The molecule has 4 nitrogen and oxygen atoms in total. The molecular formula is C24H20FNO3S. The number of benzene rings is 3. The van der Waals surface area contributed by atoms with Crippen LogP contribution in [0, 0.1) is 12.7 Å². The monoisotopic (exact) mass is 421 g/mol. The Hall–Kier alpha value is -3.12. The van der Waals surface area contributed by atoms with E-state index >= 15 is 0 Å². The first kappa shape index (κ1) is 20.2. The maximum absolute atomic E-state index is 13.2. The fraction of sp³-hybridized carbons (Fsp3) is 0.167. The van der Waals surface area contributed by atoms with Crippen LogP contribution >= 0.6 is 11.8 Å². The highest BCUT2D eigenvalue weighted by Gasteiger charge is 2.33. The molecule has 0 radical (unpaired) electrons. The highest BCUT2D eigenvalue weighted by atomic mass is 32.2. The van der Waals surface area contributed by atoms with Gasteiger partial charge < -0.3 is 4.74 Å². The number of nitrogens with zero attached hydrogens (tertiary/aromatic N) is 1. The Morgan fingerprint density at radius 2 is 1.83 bits per heavy atom. The Labute approximate surface area is 178 Å². The Kier molecular flexibility index (Phi) is 5.86. The van der Waals surface area contributed by atoms with Crippen LogP contribution in [-0.4, -0.2) is 17.6 Å². The van der Waals surface area contributed by atoms with Gasteiger partial charge in [-0.3, -0.25) is 9.69 Å². The zero-order valence-electron chi connectivity index (χ0n) is 16.4. The van der Waals surface area contributed by atoms with Crippen molar-refractivity contribution in [2.75, 3.05) is 10.7 Å². The van der Waals surface area contributed by atoms with E-state index in [0.717, 1.165) is 22.4 Å². The maximum Gasteiger partial charge on any atom is 0.338 e. The Balaban J connectivity index is 1.45. The highest BCUT2D eigenvalue weighted by molar-refractivity contribution is 8.00. The summed E-state index contributed by atoms with van der Waals surface area (Å²) in [4.78, 5) is 26.4. The second-order valence-corrected chi connectivity index (χ2v) is 8.16. The summed E-state index contributed by atoms with van der Waals surface area (Å²) >= 11 is 1.51. The summed E-state index contributed by atoms with van der Waals surface area (Å²) in [6.07, 6.45) is 0. The predicted octanol–water partition coefficient (Wildman–Crippen LogP) is 5.27. The fourth-order valence-corrected chi connectivity index (χ4v) is 4.51. The summed E-state index contributed by atoms with van der Waals surface area (Å²) < 4.78 is 18.6. The van der Waals surface area contributed by atoms with E-state index in [0.29, 0.717) is 11.3 Å². The van der Waals surface area contributed by atoms with Gasteiger partial charge in [0.2, 0.25) is 5.91 Å². The Morgan fingerprint density at radius 1 is 1.10 bits per heavy atom. The molecule has 1 saturated heterocycles. The lowest BCUT2D eigenvalue weighted by Crippen LogP contribution is -2.27. The molecule has 1 aliphatic heterocycles. The molecule has 0 saturated carbocycles. The third-order valence-electron chi connectivity index (χ3n) is 4.86. The Bertz CT molecular complexity index is 1070. The molecule has 0 bridgehead atoms. The van der Waals surface area contributed by atoms with Crippen molar-refractivity contribution in [2.45, 2.75) is 18.9 Å². The van der Waals surface area contributed by atoms with Gasteiger partial charge in [0.25, 0.3) is 0 Å². The van der Waals surface area contributed by atoms with Crippen LogP contribution < -0.4 is 4.90 Å². The summed E-state index contributed by atoms with van der Waals surface area (Å²) in [5.41, 5.74) is 3.99. The minimum Gasteiger partial charge on any atom is -0.457 e. The number of halogens is 1. The number of hydrogen-bond acceptors (Lipinski definition) is 4. The van der Waals surface area contributed by atoms with E-state index < -0.39 is 0 Å². The molecule has 1 heterocycles. The molecule has 0 aromatic heterocycles. The second kappa shape index (κ2) is 8.71. The summed E-state index contributed by atoms with van der Waals surface area (Å²) in [7, 11) is 0. The van der Waals surface area contributed by atoms with E-state index in [-0.39, 0.29) is 29.7 Å². The molecule has 1 fully saturated rings. The van der Waals surface area contributed by atoms with Gasteiger partial charge in [0, 0.05) is 5.69 Å². The van der Waals surface area contributed by atoms with Gasteiger partial charge in [-0.15, -0.1) is 11.8 Å². The molecule has 4 rings (SSSR count). The van der Waals surface area contributed by atoms with Gasteiger partial charge in [0.05, 0.1) is 11.3 Å². The molecule has 1 aliphatic rings. The summed E-state index contributed by atoms with van der Waals surface area (Å²) in [6.45, 7) is 2.07. The highest BCUT2D eigenvalue weighted by Crippen LogP contribution is 2.41. The van der Waals surface area contributed by atoms with Crippen molar-refractivity contribution < 1.29 is 18.7 Å². The molecule has 1 amide bonds. The first-order valence-corrected chi connectivity index (χ1v) is 10.6. The normalized spacial score (nSPS) is 16.0. The third-order valence-corrected chi connectivity index (χ3v) is 6.07. The zero-order valence-corrected chi connectivity index (χ0v) is 17.2. The fourth-order valence-electron chi connectivity index (χ4n) is 3.33. The van der Waals surface area contributed by atoms with E-state index in [1.807, 2.05) is 43.3 Å². The maximum atomic E-state index is 13.2. The number of aryl methyl sites for hydroxylation is 1. The lowest BCUT2D eigenvalue weighted by molar-refractivity contribution is -0.115. The van der Waals surface area contributed by atoms with Crippen molar-refractivity contribution in [3.63, 3.8) is 0 Å². The topological polar surface area (TPSA) is 46.6 Å². The zero-order chi connectivity index (χ0) is 21.1. The molecule has 152 valence electrons. The molecule has 1 unspecified atom stereocenters. The first-order valence-electron chi connectivity index (χ1n) is 9.53. The number of amides is 1. The van der Waals surface area contributed by atoms with Gasteiger partial charge in [-0.05, 0) is 54.4 Å². The number of esters is 1. The lowest BCUT2D eigenvalue weighted by atomic mass is 10.1. The quantitative estimate of drug-likeness (QED) is 0.527. The number of hydrogen-bond donors (Lipinski definition) is 0. The van der Waals surface area contributed by atoms with Crippen molar-refractivity contribution in [2.24, 2.45) is 0 Å². The predicted molar refractivity (Wildman–Crippen MR) is 116 cm³/mol. The number of carbonyl (C=O) groups is 2. The van der Waals surface area contributed by atoms with Crippen molar-refractivity contribution in [1.82, 2.24) is 0 Å². The number of ether oxygens (including phenoxy) is 1. The molecule has 3 aromatic rings. The average molecular weight is 421 g/mol. The molecule has 6 heteroatoms. The van der Waals surface area contributed by atoms with Gasteiger partial charge in [0.1, 0.15) is 17.8 Å². The molecule has 0 N–H and O–H groups in total. The number of rotatable bonds is 5. The lowest BCUT2D eigenvalue weighted by Gasteiger charge is -2.24. The Morgan fingerprint density at radius 3 is 2.53 bits per heavy atom. The van der Waals surface area contributed by atoms with Gasteiger partial charge in [-0.2, -0.15) is 0 Å². The SMILES string of the molecule is Cc1cccc(C(=O)OCc2ccc(N3C(=O)CSC3c3ccc(F)cc3)cc2)c1. The third kappa shape index (κ3) is 4.39. The van der Waals surface area contributed by atoms with Crippen LogP contribution in [0.25, 0.3) is 0 Å². The minimum absolute atomic E-state index is 0.00736. The smallest absolute Gasteiger partial charge is 0.338 e. The van der Waals surface area contributed by atoms with E-state index in [4.69, 9.17) is 4.74 Å². The van der Waals surface area contributed by atoms with E-state index in [2.05, 4.69) is 0 Å². The van der Waals surface area contributed by atoms with E-state index in [1.54, 1.807) is 29.2 Å². The molecule has 30 heavy (non-hydrogen) atoms. The standard InChI is InChI=1S/C24H20FNO3S/c1-16-3-2-4-19(13-16)24(28)29-14-17-5-11-21(12-6-17)26-22(27)15-30-23(26)18-7-9-20(25)10-8-18/h2-13,23H,14-15H2,1H3. The molecule has 1 atom stereocenters. The van der Waals surface area contributed by atoms with Crippen LogP contribution in [0.4, 0.5) is 10.1 Å². The van der Waals surface area contributed by atoms with Crippen molar-refractivity contribution in [3.05, 3.63) is 101 Å². The van der Waals surface area contributed by atoms with Crippen LogP contribution in [0.2, 0.25) is 0 Å². The summed E-state index contributed by atoms with van der Waals surface area (Å²) in [5.74, 6) is -0.292. The molecule has 0 aliphatic carbocycles. The molecule has 3 aromatic carbocycles. The van der Waals surface area contributed by atoms with Crippen LogP contribution in [-0.2, 0) is 16.1 Å². The van der Waals surface area contributed by atoms with E-state index in [9.17, 15) is 14.0 Å². The minimum atomic E-state index is -0.370. The second-order valence-electron chi connectivity index (χ2n) is 7.09. The van der Waals surface area contributed by atoms with Gasteiger partial charge in [-0.25, -0.2) is 9.18 Å². The van der Waals surface area contributed by atoms with Crippen LogP contribution in [0.5, 0.6) is 0 Å². The van der Waals surface area contributed by atoms with Crippen molar-refractivity contribution in [3.8, 4) is 0 Å². The van der Waals surface area contributed by atoms with Crippen LogP contribution in [0.3, 0.4) is 0 Å². The van der Waals surface area contributed by atoms with E-state index in [1.165, 1.54) is 23.9 Å². The van der Waals surface area contributed by atoms with Gasteiger partial charge in [0.15, 0.2) is 0 Å². The van der Waals surface area contributed by atoms with Crippen LogP contribution in [0.15, 0.2) is 72.8 Å². The number of carbonyl (C=O) groups excluding carboxylic acids is 2. The van der Waals surface area contributed by atoms with Gasteiger partial charge in [-0.1, -0.05) is 42.0 Å². The average Bonchev–Trinajstić information content (AvgIpc) is 3.14. The summed E-state index contributed by atoms with van der Waals surface area (Å²) in [5, 5.41) is -0.192. The molecule has 0 spiro atoms. The summed E-state index contributed by atoms with van der Waals surface area (Å²) in [6, 6.07) is 20.9. The van der Waals surface area contributed by atoms with Crippen molar-refractivity contribution in [1.29, 1.82) is 0 Å². The van der Waals surface area contributed by atoms with Crippen LogP contribution in [0.1, 0.15) is 32.4 Å². The first-order chi connectivity index (χ1) is 14.5. The van der Waals surface area contributed by atoms with Gasteiger partial charge >= 0.3 is 5.97 Å². The molecular weight excluding hydrogens is 401 g/mol. The number of thioether (sulfide) groups is 1. The largest absolute Gasteiger partial charge is 0.457 e. The number of anilines is 1. The van der Waals surface area contributed by atoms with Crippen molar-refractivity contribution >= 4 is 29.3 Å².